The van der Waals surface area contributed by atoms with E-state index in [1.54, 1.807) is 0 Å². The van der Waals surface area contributed by atoms with Crippen LogP contribution in [0.1, 0.15) is 32.6 Å². The molecule has 2 aromatic carbocycles. The summed E-state index contributed by atoms with van der Waals surface area (Å²) in [6, 6.07) is 2.37. The summed E-state index contributed by atoms with van der Waals surface area (Å²) >= 11 is 5.44. The molecule has 0 bridgehead atoms. The Balaban J connectivity index is 1.55. The summed E-state index contributed by atoms with van der Waals surface area (Å²) in [7, 11) is 0. The van der Waals surface area contributed by atoms with Gasteiger partial charge in [0.15, 0.2) is 5.82 Å². The van der Waals surface area contributed by atoms with Gasteiger partial charge < -0.3 is 19.8 Å². The zero-order valence-corrected chi connectivity index (χ0v) is 21.5. The summed E-state index contributed by atoms with van der Waals surface area (Å²) in [6.07, 6.45) is -15.4. The second kappa shape index (κ2) is 10.6. The number of oxime groups is 1. The molecule has 1 N–H and O–H groups in total. The van der Waals surface area contributed by atoms with Crippen molar-refractivity contribution in [3.8, 4) is 0 Å². The molecule has 1 saturated heterocycles. The Bertz CT molecular complexity index is 1460. The van der Waals surface area contributed by atoms with Crippen molar-refractivity contribution in [2.75, 3.05) is 19.7 Å². The molecule has 2 aromatic rings. The number of hydrogen-bond donors (Lipinski definition) is 1. The zero-order valence-electron chi connectivity index (χ0n) is 20.8. The molecular weight excluding hydrogens is 620 g/mol. The van der Waals surface area contributed by atoms with Crippen molar-refractivity contribution in [1.29, 1.82) is 0 Å². The van der Waals surface area contributed by atoms with Crippen LogP contribution in [0.4, 0.5) is 43.9 Å². The lowest BCUT2D eigenvalue weighted by molar-refractivity contribution is -0.395. The minimum Gasteiger partial charge on any atom is -0.344 e. The average Bonchev–Trinajstić information content (AvgIpc) is 2.87. The Morgan fingerprint density at radius 1 is 1.12 bits per heavy atom. The maximum Gasteiger partial charge on any atom is 0.463 e. The molecule has 2 aliphatic heterocycles. The summed E-state index contributed by atoms with van der Waals surface area (Å²) in [5, 5.41) is 4.34. The highest BCUT2D eigenvalue weighted by molar-refractivity contribution is 6.30. The van der Waals surface area contributed by atoms with E-state index in [-0.39, 0.29) is 41.1 Å². The normalized spacial score (nSPS) is 21.4. The number of rotatable bonds is 5. The van der Waals surface area contributed by atoms with Gasteiger partial charge in [0, 0.05) is 11.1 Å². The van der Waals surface area contributed by atoms with E-state index in [4.69, 9.17) is 16.3 Å². The minimum absolute atomic E-state index is 0.0376. The van der Waals surface area contributed by atoms with Gasteiger partial charge in [0.1, 0.15) is 18.3 Å². The highest BCUT2D eigenvalue weighted by Crippen LogP contribution is 2.48. The molecule has 2 atom stereocenters. The Kier molecular flexibility index (Phi) is 7.90. The Labute approximate surface area is 234 Å². The lowest BCUT2D eigenvalue weighted by atomic mass is 9.99. The predicted octanol–water partition coefficient (Wildman–Crippen LogP) is 5.48. The van der Waals surface area contributed by atoms with Crippen LogP contribution in [0.5, 0.6) is 0 Å². The van der Waals surface area contributed by atoms with Crippen molar-refractivity contribution in [2.45, 2.75) is 37.3 Å². The number of benzene rings is 2. The number of carbonyl (C=O) groups excluding carboxylic acids is 2. The number of nitrogens with one attached hydrogen (secondary N) is 1. The molecule has 2 amide bonds. The van der Waals surface area contributed by atoms with Gasteiger partial charge in [0.05, 0.1) is 29.3 Å². The number of amides is 2. The van der Waals surface area contributed by atoms with E-state index in [9.17, 15) is 53.5 Å². The quantitative estimate of drug-likeness (QED) is 0.349. The molecule has 1 fully saturated rings. The van der Waals surface area contributed by atoms with Gasteiger partial charge in [-0.2, -0.15) is 39.5 Å². The van der Waals surface area contributed by atoms with E-state index in [1.165, 1.54) is 25.1 Å². The average molecular weight is 636 g/mol. The number of hydrogen-bond acceptors (Lipinski definition) is 5. The highest BCUT2D eigenvalue weighted by Gasteiger charge is 2.64. The molecule has 4 rings (SSSR count). The Morgan fingerprint density at radius 3 is 2.29 bits per heavy atom. The van der Waals surface area contributed by atoms with Crippen LogP contribution in [-0.2, 0) is 26.3 Å². The van der Waals surface area contributed by atoms with Crippen LogP contribution in [0.15, 0.2) is 35.5 Å². The fourth-order valence-corrected chi connectivity index (χ4v) is 4.40. The maximum absolute atomic E-state index is 14.6. The van der Waals surface area contributed by atoms with Gasteiger partial charge in [0.25, 0.3) is 5.91 Å². The van der Waals surface area contributed by atoms with E-state index in [0.29, 0.717) is 4.90 Å². The van der Waals surface area contributed by atoms with E-state index < -0.39 is 77.3 Å². The minimum atomic E-state index is -5.64. The van der Waals surface area contributed by atoms with Crippen LogP contribution in [0, 0.1) is 12.7 Å². The second-order valence-corrected chi connectivity index (χ2v) is 9.65. The largest absolute Gasteiger partial charge is 0.463 e. The summed E-state index contributed by atoms with van der Waals surface area (Å²) in [5.41, 5.74) is -3.53. The van der Waals surface area contributed by atoms with Crippen LogP contribution in [0.3, 0.4) is 0 Å². The maximum atomic E-state index is 14.6. The molecule has 7 nitrogen and oxygen atoms in total. The Morgan fingerprint density at radius 2 is 1.79 bits per heavy atom. The number of alkyl halides is 9. The first kappa shape index (κ1) is 31.3. The molecule has 0 saturated carbocycles. The van der Waals surface area contributed by atoms with Gasteiger partial charge in [-0.15, -0.1) is 0 Å². The van der Waals surface area contributed by atoms with E-state index in [2.05, 4.69) is 15.3 Å². The lowest BCUT2D eigenvalue weighted by Gasteiger charge is -2.39. The van der Waals surface area contributed by atoms with Gasteiger partial charge in [-0.1, -0.05) is 22.8 Å². The number of nitrogens with zero attached hydrogens (tertiary/aromatic N) is 2. The topological polar surface area (TPSA) is 80.2 Å². The van der Waals surface area contributed by atoms with Crippen molar-refractivity contribution in [3.63, 3.8) is 0 Å². The molecular formula is C24H16ClF10N3O4. The summed E-state index contributed by atoms with van der Waals surface area (Å²) < 4.78 is 139. The van der Waals surface area contributed by atoms with E-state index in [0.717, 1.165) is 0 Å². The second-order valence-electron chi connectivity index (χ2n) is 9.24. The molecule has 0 aliphatic carbocycles. The van der Waals surface area contributed by atoms with Crippen LogP contribution < -0.4 is 5.32 Å². The Hall–Kier alpha value is -3.60. The molecule has 0 aromatic heterocycles. The molecule has 0 spiro atoms. The van der Waals surface area contributed by atoms with Crippen LogP contribution in [-0.4, -0.2) is 60.5 Å². The molecule has 2 heterocycles. The fraction of sp³-hybridized carbons (Fsp3) is 0.375. The molecule has 228 valence electrons. The van der Waals surface area contributed by atoms with Gasteiger partial charge in [-0.3, -0.25) is 9.59 Å². The molecule has 18 heteroatoms. The highest BCUT2D eigenvalue weighted by atomic mass is 35.5. The number of β-lactam (4-membered cyclic amide) rings is 1. The lowest BCUT2D eigenvalue weighted by Crippen LogP contribution is -2.65. The van der Waals surface area contributed by atoms with E-state index >= 15 is 0 Å². The third kappa shape index (κ3) is 5.97. The first-order valence-corrected chi connectivity index (χ1v) is 11.9. The predicted molar refractivity (Wildman–Crippen MR) is 123 cm³/mol. The summed E-state index contributed by atoms with van der Waals surface area (Å²) in [5.74, 6) is -7.73. The first-order valence-electron chi connectivity index (χ1n) is 11.5. The van der Waals surface area contributed by atoms with Crippen molar-refractivity contribution in [1.82, 2.24) is 10.2 Å². The van der Waals surface area contributed by atoms with E-state index in [1.807, 2.05) is 0 Å². The van der Waals surface area contributed by atoms with Gasteiger partial charge in [-0.25, -0.2) is 4.39 Å². The number of halogens is 11. The summed E-state index contributed by atoms with van der Waals surface area (Å²) in [6.45, 7) is -1.49. The van der Waals surface area contributed by atoms with Crippen LogP contribution >= 0.6 is 11.6 Å². The smallest absolute Gasteiger partial charge is 0.344 e. The third-order valence-corrected chi connectivity index (χ3v) is 6.55. The molecule has 42 heavy (non-hydrogen) atoms. The third-order valence-electron chi connectivity index (χ3n) is 6.27. The number of carbonyl (C=O) groups is 2. The SMILES string of the molecule is Cc1cc(C2=NO[C@](c3cc(C(F)(F)F)cc(Cl)c3F)(C(F)(F)F)OC2)ccc1C(=O)N[C@@H]1CN(CC(F)(F)F)C1=O. The van der Waals surface area contributed by atoms with Crippen LogP contribution in [0.25, 0.3) is 0 Å². The van der Waals surface area contributed by atoms with Crippen molar-refractivity contribution < 1.29 is 63.1 Å². The number of aryl methyl sites for hydroxylation is 1. The van der Waals surface area contributed by atoms with Crippen molar-refractivity contribution in [2.24, 2.45) is 5.16 Å². The van der Waals surface area contributed by atoms with Gasteiger partial charge >= 0.3 is 24.3 Å². The first-order chi connectivity index (χ1) is 19.2. The molecule has 0 unspecified atom stereocenters. The standard InChI is InChI=1S/C24H16ClF10N3O4/c1-10-4-11(2-3-13(10)19(39)36-16-7-38(20(16)40)9-21(27,28)29)17-8-41-22(42-37-17,24(33,34)35)14-5-12(23(30,31)32)6-15(25)18(14)26/h2-6,16H,7-9H2,1H3,(H,36,39)/t16-,22-/m1/s1. The number of ether oxygens (including phenoxy) is 1. The fourth-order valence-electron chi connectivity index (χ4n) is 4.18. The molecule has 2 aliphatic rings. The summed E-state index contributed by atoms with van der Waals surface area (Å²) in [4.78, 5) is 29.5. The zero-order chi connectivity index (χ0) is 31.4. The van der Waals surface area contributed by atoms with Crippen molar-refractivity contribution >= 4 is 29.1 Å². The van der Waals surface area contributed by atoms with Gasteiger partial charge in [-0.05, 0) is 36.8 Å². The van der Waals surface area contributed by atoms with Gasteiger partial charge in [0.2, 0.25) is 5.91 Å². The van der Waals surface area contributed by atoms with Crippen LogP contribution in [0.2, 0.25) is 5.02 Å². The monoisotopic (exact) mass is 635 g/mol. The molecule has 0 radical (unpaired) electrons. The number of likely N-dealkylation sites (tertiary alicyclic amines) is 1. The van der Waals surface area contributed by atoms with Crippen molar-refractivity contribution in [3.05, 3.63) is 69.0 Å².